The van der Waals surface area contributed by atoms with E-state index in [-0.39, 0.29) is 24.9 Å². The lowest BCUT2D eigenvalue weighted by Crippen LogP contribution is -2.24. The number of anilines is 1. The predicted molar refractivity (Wildman–Crippen MR) is 75.0 cm³/mol. The van der Waals surface area contributed by atoms with Crippen LogP contribution < -0.4 is 15.8 Å². The summed E-state index contributed by atoms with van der Waals surface area (Å²) >= 11 is 0. The van der Waals surface area contributed by atoms with Crippen molar-refractivity contribution in [2.45, 2.75) is 25.9 Å². The van der Waals surface area contributed by atoms with Crippen LogP contribution in [0.2, 0.25) is 0 Å². The van der Waals surface area contributed by atoms with Crippen LogP contribution in [0.15, 0.2) is 24.3 Å². The molecule has 0 saturated carbocycles. The Morgan fingerprint density at radius 2 is 1.89 bits per heavy atom. The summed E-state index contributed by atoms with van der Waals surface area (Å²) in [6, 6.07) is 6.76. The zero-order valence-electron chi connectivity index (χ0n) is 11.0. The summed E-state index contributed by atoms with van der Waals surface area (Å²) in [4.78, 5) is 11.5. The molecule has 0 heterocycles. The van der Waals surface area contributed by atoms with Crippen molar-refractivity contribution in [2.75, 3.05) is 11.6 Å². The summed E-state index contributed by atoms with van der Waals surface area (Å²) < 4.78 is 24.3. The van der Waals surface area contributed by atoms with E-state index in [1.165, 1.54) is 0 Å². The van der Waals surface area contributed by atoms with Crippen LogP contribution in [0.4, 0.5) is 5.69 Å². The fraction of sp³-hybridized carbons (Fsp3) is 0.417. The highest BCUT2D eigenvalue weighted by Gasteiger charge is 2.05. The third kappa shape index (κ3) is 6.90. The van der Waals surface area contributed by atoms with Gasteiger partial charge in [0, 0.05) is 24.7 Å². The van der Waals surface area contributed by atoms with Gasteiger partial charge in [0.15, 0.2) is 0 Å². The minimum Gasteiger partial charge on any atom is -0.327 e. The van der Waals surface area contributed by atoms with Gasteiger partial charge in [-0.1, -0.05) is 12.1 Å². The smallest absolute Gasteiger partial charge is 0.225 e. The summed E-state index contributed by atoms with van der Waals surface area (Å²) in [5.41, 5.74) is 7.00. The van der Waals surface area contributed by atoms with E-state index < -0.39 is 10.0 Å². The standard InChI is InChI=1S/C12H19N3O3S/c1-9(13)7-12(16)15-11-5-3-10(4-6-11)8-14-19(2,17)18/h3-6,9,14H,7-8,13H2,1-2H3,(H,15,16). The second-order valence-electron chi connectivity index (χ2n) is 4.52. The molecule has 1 unspecified atom stereocenters. The topological polar surface area (TPSA) is 101 Å². The fourth-order valence-corrected chi connectivity index (χ4v) is 1.85. The van der Waals surface area contributed by atoms with E-state index in [0.29, 0.717) is 5.69 Å². The monoisotopic (exact) mass is 285 g/mol. The van der Waals surface area contributed by atoms with Crippen LogP contribution in [-0.4, -0.2) is 26.6 Å². The van der Waals surface area contributed by atoms with Crippen LogP contribution in [0.3, 0.4) is 0 Å². The van der Waals surface area contributed by atoms with E-state index >= 15 is 0 Å². The van der Waals surface area contributed by atoms with Gasteiger partial charge in [-0.25, -0.2) is 13.1 Å². The molecule has 4 N–H and O–H groups in total. The van der Waals surface area contributed by atoms with Gasteiger partial charge in [0.1, 0.15) is 0 Å². The summed E-state index contributed by atoms with van der Waals surface area (Å²) in [5, 5.41) is 2.72. The number of nitrogens with one attached hydrogen (secondary N) is 2. The lowest BCUT2D eigenvalue weighted by molar-refractivity contribution is -0.116. The zero-order chi connectivity index (χ0) is 14.5. The number of rotatable bonds is 6. The third-order valence-electron chi connectivity index (χ3n) is 2.28. The molecule has 6 nitrogen and oxygen atoms in total. The second kappa shape index (κ2) is 6.65. The number of hydrogen-bond donors (Lipinski definition) is 3. The molecule has 7 heteroatoms. The van der Waals surface area contributed by atoms with Gasteiger partial charge in [0.25, 0.3) is 0 Å². The molecular formula is C12H19N3O3S. The Kier molecular flexibility index (Phi) is 5.46. The maximum Gasteiger partial charge on any atom is 0.225 e. The van der Waals surface area contributed by atoms with Gasteiger partial charge in [0.2, 0.25) is 15.9 Å². The van der Waals surface area contributed by atoms with Gasteiger partial charge in [-0.3, -0.25) is 4.79 Å². The van der Waals surface area contributed by atoms with Crippen molar-refractivity contribution in [2.24, 2.45) is 5.73 Å². The number of carbonyl (C=O) groups is 1. The predicted octanol–water partition coefficient (Wildman–Crippen LogP) is 0.412. The van der Waals surface area contributed by atoms with Gasteiger partial charge < -0.3 is 11.1 Å². The fourth-order valence-electron chi connectivity index (χ4n) is 1.42. The van der Waals surface area contributed by atoms with E-state index in [9.17, 15) is 13.2 Å². The van der Waals surface area contributed by atoms with Crippen LogP contribution in [-0.2, 0) is 21.4 Å². The molecule has 0 fully saturated rings. The Balaban J connectivity index is 2.54. The van der Waals surface area contributed by atoms with Crippen LogP contribution in [0.25, 0.3) is 0 Å². The molecule has 1 atom stereocenters. The van der Waals surface area contributed by atoms with Crippen molar-refractivity contribution >= 4 is 21.6 Å². The lowest BCUT2D eigenvalue weighted by atomic mass is 10.2. The molecule has 106 valence electrons. The van der Waals surface area contributed by atoms with E-state index in [1.54, 1.807) is 31.2 Å². The Labute approximate surface area is 113 Å². The molecular weight excluding hydrogens is 266 g/mol. The molecule has 1 rings (SSSR count). The largest absolute Gasteiger partial charge is 0.327 e. The molecule has 1 amide bonds. The van der Waals surface area contributed by atoms with Crippen LogP contribution >= 0.6 is 0 Å². The number of nitrogens with two attached hydrogens (primary N) is 1. The van der Waals surface area contributed by atoms with E-state index in [2.05, 4.69) is 10.0 Å². The number of amides is 1. The summed E-state index contributed by atoms with van der Waals surface area (Å²) in [6.45, 7) is 1.99. The van der Waals surface area contributed by atoms with E-state index in [4.69, 9.17) is 5.73 Å². The summed E-state index contributed by atoms with van der Waals surface area (Å²) in [6.07, 6.45) is 1.37. The van der Waals surface area contributed by atoms with Gasteiger partial charge >= 0.3 is 0 Å². The maximum absolute atomic E-state index is 11.5. The number of carbonyl (C=O) groups excluding carboxylic acids is 1. The van der Waals surface area contributed by atoms with Crippen molar-refractivity contribution in [1.29, 1.82) is 0 Å². The molecule has 19 heavy (non-hydrogen) atoms. The average molecular weight is 285 g/mol. The minimum absolute atomic E-state index is 0.142. The van der Waals surface area contributed by atoms with Crippen molar-refractivity contribution in [3.63, 3.8) is 0 Å². The van der Waals surface area contributed by atoms with Crippen molar-refractivity contribution in [3.8, 4) is 0 Å². The third-order valence-corrected chi connectivity index (χ3v) is 2.95. The SMILES string of the molecule is CC(N)CC(=O)Nc1ccc(CNS(C)(=O)=O)cc1. The molecule has 0 aromatic heterocycles. The molecule has 1 aromatic carbocycles. The first-order valence-corrected chi connectivity index (χ1v) is 7.74. The van der Waals surface area contributed by atoms with E-state index in [0.717, 1.165) is 11.8 Å². The quantitative estimate of drug-likeness (QED) is 0.704. The van der Waals surface area contributed by atoms with E-state index in [1.807, 2.05) is 0 Å². The summed E-state index contributed by atoms with van der Waals surface area (Å²) in [7, 11) is -3.20. The van der Waals surface area contributed by atoms with Crippen LogP contribution in [0, 0.1) is 0 Å². The Bertz CT molecular complexity index is 524. The van der Waals surface area contributed by atoms with Gasteiger partial charge in [-0.05, 0) is 24.6 Å². The first kappa shape index (κ1) is 15.6. The number of hydrogen-bond acceptors (Lipinski definition) is 4. The molecule has 0 bridgehead atoms. The minimum atomic E-state index is -3.20. The Hall–Kier alpha value is -1.44. The first-order valence-electron chi connectivity index (χ1n) is 5.85. The highest BCUT2D eigenvalue weighted by molar-refractivity contribution is 7.88. The maximum atomic E-state index is 11.5. The van der Waals surface area contributed by atoms with Crippen LogP contribution in [0.1, 0.15) is 18.9 Å². The Morgan fingerprint density at radius 1 is 1.32 bits per heavy atom. The Morgan fingerprint density at radius 3 is 2.37 bits per heavy atom. The van der Waals surface area contributed by atoms with Crippen molar-refractivity contribution in [3.05, 3.63) is 29.8 Å². The second-order valence-corrected chi connectivity index (χ2v) is 6.35. The zero-order valence-corrected chi connectivity index (χ0v) is 11.8. The molecule has 0 aliphatic heterocycles. The molecule has 1 aromatic rings. The van der Waals surface area contributed by atoms with Crippen molar-refractivity contribution < 1.29 is 13.2 Å². The molecule has 0 saturated heterocycles. The van der Waals surface area contributed by atoms with Gasteiger partial charge in [0.05, 0.1) is 6.26 Å². The van der Waals surface area contributed by atoms with Crippen molar-refractivity contribution in [1.82, 2.24) is 4.72 Å². The average Bonchev–Trinajstić information content (AvgIpc) is 2.26. The number of sulfonamides is 1. The number of benzene rings is 1. The highest BCUT2D eigenvalue weighted by atomic mass is 32.2. The lowest BCUT2D eigenvalue weighted by Gasteiger charge is -2.08. The molecule has 0 spiro atoms. The summed E-state index contributed by atoms with van der Waals surface area (Å²) in [5.74, 6) is -0.142. The molecule has 0 aliphatic carbocycles. The van der Waals surface area contributed by atoms with Gasteiger partial charge in [-0.15, -0.1) is 0 Å². The van der Waals surface area contributed by atoms with Gasteiger partial charge in [-0.2, -0.15) is 0 Å². The van der Waals surface area contributed by atoms with Crippen LogP contribution in [0.5, 0.6) is 0 Å². The molecule has 0 radical (unpaired) electrons. The molecule has 0 aliphatic rings. The normalized spacial score (nSPS) is 13.0. The first-order chi connectivity index (χ1) is 8.76. The highest BCUT2D eigenvalue weighted by Crippen LogP contribution is 2.10.